The number of anilines is 1. The fourth-order valence-corrected chi connectivity index (χ4v) is 3.29. The average molecular weight is 352 g/mol. The molecule has 3 aromatic rings. The Morgan fingerprint density at radius 2 is 1.77 bits per heavy atom. The zero-order chi connectivity index (χ0) is 15.3. The minimum atomic E-state index is 0.490. The third-order valence-corrected chi connectivity index (χ3v) is 4.51. The molecule has 2 N–H and O–H groups in total. The highest BCUT2D eigenvalue weighted by molar-refractivity contribution is 9.10. The number of fused-ring (bicyclic) bond motifs is 4. The molecule has 3 heteroatoms. The number of nitrogen functional groups attached to an aromatic ring is 1. The van der Waals surface area contributed by atoms with E-state index in [0.29, 0.717) is 6.61 Å². The lowest BCUT2D eigenvalue weighted by Gasteiger charge is -2.11. The first-order valence-corrected chi connectivity index (χ1v) is 7.85. The summed E-state index contributed by atoms with van der Waals surface area (Å²) in [7, 11) is 0. The van der Waals surface area contributed by atoms with Crippen molar-refractivity contribution in [2.75, 3.05) is 12.3 Å². The second-order valence-corrected chi connectivity index (χ2v) is 6.45. The molecule has 0 amide bonds. The van der Waals surface area contributed by atoms with Crippen LogP contribution >= 0.6 is 15.9 Å². The highest BCUT2D eigenvalue weighted by atomic mass is 79.9. The monoisotopic (exact) mass is 351 g/mol. The zero-order valence-corrected chi connectivity index (χ0v) is 13.5. The van der Waals surface area contributed by atoms with Gasteiger partial charge in [0.1, 0.15) is 12.4 Å². The van der Waals surface area contributed by atoms with Crippen LogP contribution in [0.15, 0.2) is 59.6 Å². The smallest absolute Gasteiger partial charge is 0.128 e. The van der Waals surface area contributed by atoms with Gasteiger partial charge in [-0.25, -0.2) is 0 Å². The maximum absolute atomic E-state index is 5.99. The highest BCUT2D eigenvalue weighted by Gasteiger charge is 2.18. The van der Waals surface area contributed by atoms with E-state index in [1.54, 1.807) is 0 Å². The molecule has 0 saturated carbocycles. The van der Waals surface area contributed by atoms with Crippen molar-refractivity contribution in [1.29, 1.82) is 0 Å². The second-order valence-electron chi connectivity index (χ2n) is 5.54. The Bertz CT molecular complexity index is 930. The fourth-order valence-electron chi connectivity index (χ4n) is 2.91. The van der Waals surface area contributed by atoms with Gasteiger partial charge in [0.25, 0.3) is 0 Å². The van der Waals surface area contributed by atoms with Crippen LogP contribution in [0.25, 0.3) is 27.5 Å². The van der Waals surface area contributed by atoms with Gasteiger partial charge in [-0.05, 0) is 63.9 Å². The lowest BCUT2D eigenvalue weighted by molar-refractivity contribution is 0.374. The summed E-state index contributed by atoms with van der Waals surface area (Å²) in [5.41, 5.74) is 11.0. The van der Waals surface area contributed by atoms with Crippen molar-refractivity contribution in [1.82, 2.24) is 0 Å². The van der Waals surface area contributed by atoms with Crippen molar-refractivity contribution >= 4 is 38.0 Å². The van der Waals surface area contributed by atoms with Crippen molar-refractivity contribution in [2.24, 2.45) is 0 Å². The van der Waals surface area contributed by atoms with Crippen LogP contribution in [0.3, 0.4) is 0 Å². The van der Waals surface area contributed by atoms with Crippen molar-refractivity contribution in [3.8, 4) is 16.9 Å². The molecule has 0 fully saturated rings. The predicted octanol–water partition coefficient (Wildman–Crippen LogP) is 5.26. The molecule has 0 aliphatic carbocycles. The summed E-state index contributed by atoms with van der Waals surface area (Å²) in [6, 6.07) is 16.4. The van der Waals surface area contributed by atoms with Crippen LogP contribution in [0.2, 0.25) is 0 Å². The first-order chi connectivity index (χ1) is 10.6. The number of benzene rings is 3. The topological polar surface area (TPSA) is 35.2 Å². The molecule has 4 rings (SSSR count). The molecule has 3 aromatic carbocycles. The van der Waals surface area contributed by atoms with Crippen molar-refractivity contribution in [2.45, 2.75) is 0 Å². The zero-order valence-electron chi connectivity index (χ0n) is 11.9. The van der Waals surface area contributed by atoms with Crippen LogP contribution in [0.4, 0.5) is 5.69 Å². The summed E-state index contributed by atoms with van der Waals surface area (Å²) < 4.78 is 7.03. The fraction of sp³-hybridized carbons (Fsp3) is 0.0526. The maximum Gasteiger partial charge on any atom is 0.128 e. The number of nitrogens with two attached hydrogens (primary N) is 1. The van der Waals surface area contributed by atoms with E-state index in [2.05, 4.69) is 46.8 Å². The molecular formula is C19H14BrNO. The Hall–Kier alpha value is -2.26. The molecule has 1 aliphatic rings. The Morgan fingerprint density at radius 3 is 2.64 bits per heavy atom. The van der Waals surface area contributed by atoms with Gasteiger partial charge in [-0.3, -0.25) is 0 Å². The summed E-state index contributed by atoms with van der Waals surface area (Å²) in [5, 5.41) is 2.32. The van der Waals surface area contributed by atoms with E-state index in [9.17, 15) is 0 Å². The molecule has 0 spiro atoms. The normalized spacial score (nSPS) is 13.2. The molecule has 0 atom stereocenters. The van der Waals surface area contributed by atoms with E-state index in [4.69, 9.17) is 10.5 Å². The molecule has 22 heavy (non-hydrogen) atoms. The number of ether oxygens (including phenoxy) is 1. The molecule has 0 aromatic heterocycles. The maximum atomic E-state index is 5.99. The molecule has 0 radical (unpaired) electrons. The summed E-state index contributed by atoms with van der Waals surface area (Å²) in [6.07, 6.45) is 0. The van der Waals surface area contributed by atoms with Gasteiger partial charge in [-0.1, -0.05) is 34.6 Å². The first kappa shape index (κ1) is 13.4. The molecule has 0 unspecified atom stereocenters. The average Bonchev–Trinajstić information content (AvgIpc) is 2.63. The van der Waals surface area contributed by atoms with Gasteiger partial charge in [-0.2, -0.15) is 0 Å². The first-order valence-electron chi connectivity index (χ1n) is 7.06. The second kappa shape index (κ2) is 4.89. The summed E-state index contributed by atoms with van der Waals surface area (Å²) >= 11 is 3.52. The third-order valence-electron chi connectivity index (χ3n) is 4.02. The van der Waals surface area contributed by atoms with Gasteiger partial charge in [0.05, 0.1) is 0 Å². The predicted molar refractivity (Wildman–Crippen MR) is 96.0 cm³/mol. The van der Waals surface area contributed by atoms with Crippen molar-refractivity contribution < 1.29 is 4.74 Å². The van der Waals surface area contributed by atoms with Gasteiger partial charge >= 0.3 is 0 Å². The molecule has 1 heterocycles. The molecule has 0 bridgehead atoms. The molecule has 0 saturated heterocycles. The minimum absolute atomic E-state index is 0.490. The third kappa shape index (κ3) is 2.09. The Balaban J connectivity index is 2.06. The van der Waals surface area contributed by atoms with E-state index in [1.807, 2.05) is 24.3 Å². The summed E-state index contributed by atoms with van der Waals surface area (Å²) in [5.74, 6) is 0.871. The number of hydrogen-bond donors (Lipinski definition) is 1. The van der Waals surface area contributed by atoms with E-state index in [0.717, 1.165) is 43.6 Å². The molecule has 1 aliphatic heterocycles. The van der Waals surface area contributed by atoms with E-state index >= 15 is 0 Å². The standard InChI is InChI=1S/C19H14BrNO/c1-11-10-22-19-8-13-6-14(20)3-2-12(13)7-18(19)17-9-15(21)4-5-16(11)17/h2-9H,1,10,21H2. The van der Waals surface area contributed by atoms with E-state index in [1.165, 1.54) is 5.39 Å². The number of hydrogen-bond acceptors (Lipinski definition) is 2. The SMILES string of the molecule is C=C1COc2cc3cc(Br)ccc3cc2-c2cc(N)ccc21. The summed E-state index contributed by atoms with van der Waals surface area (Å²) in [4.78, 5) is 0. The Kier molecular flexibility index (Phi) is 2.98. The Morgan fingerprint density at radius 1 is 0.909 bits per heavy atom. The van der Waals surface area contributed by atoms with Gasteiger partial charge in [0.2, 0.25) is 0 Å². The lowest BCUT2D eigenvalue weighted by atomic mass is 9.93. The van der Waals surface area contributed by atoms with Crippen LogP contribution in [-0.4, -0.2) is 6.61 Å². The van der Waals surface area contributed by atoms with Crippen LogP contribution in [0, 0.1) is 0 Å². The quantitative estimate of drug-likeness (QED) is 0.561. The van der Waals surface area contributed by atoms with Gasteiger partial charge < -0.3 is 10.5 Å². The van der Waals surface area contributed by atoms with Gasteiger partial charge in [0, 0.05) is 15.7 Å². The van der Waals surface area contributed by atoms with Crippen LogP contribution in [0.5, 0.6) is 5.75 Å². The van der Waals surface area contributed by atoms with E-state index < -0.39 is 0 Å². The van der Waals surface area contributed by atoms with Gasteiger partial charge in [-0.15, -0.1) is 0 Å². The molecule has 2 nitrogen and oxygen atoms in total. The molecule has 108 valence electrons. The molecular weight excluding hydrogens is 338 g/mol. The van der Waals surface area contributed by atoms with Crippen LogP contribution in [0.1, 0.15) is 5.56 Å². The Labute approximate surface area is 137 Å². The highest BCUT2D eigenvalue weighted by Crippen LogP contribution is 2.41. The lowest BCUT2D eigenvalue weighted by Crippen LogP contribution is -1.97. The largest absolute Gasteiger partial charge is 0.488 e. The minimum Gasteiger partial charge on any atom is -0.488 e. The number of halogens is 1. The van der Waals surface area contributed by atoms with E-state index in [-0.39, 0.29) is 0 Å². The number of rotatable bonds is 0. The van der Waals surface area contributed by atoms with Crippen LogP contribution in [-0.2, 0) is 0 Å². The summed E-state index contributed by atoms with van der Waals surface area (Å²) in [6.45, 7) is 4.63. The van der Waals surface area contributed by atoms with Crippen LogP contribution < -0.4 is 10.5 Å². The van der Waals surface area contributed by atoms with Gasteiger partial charge in [0.15, 0.2) is 0 Å². The van der Waals surface area contributed by atoms with Crippen molar-refractivity contribution in [3.63, 3.8) is 0 Å². The van der Waals surface area contributed by atoms with Crippen molar-refractivity contribution in [3.05, 3.63) is 65.1 Å².